The number of rotatable bonds is 5. The van der Waals surface area contributed by atoms with Crippen molar-refractivity contribution in [1.29, 1.82) is 0 Å². The van der Waals surface area contributed by atoms with Crippen LogP contribution in [0.2, 0.25) is 5.02 Å². The molecule has 1 aromatic heterocycles. The van der Waals surface area contributed by atoms with E-state index in [0.29, 0.717) is 11.0 Å². The SMILES string of the molecule is CNCc1ccc(S(=O)(=O)Nc2ncccc2Cl)c(Br)c1. The molecule has 0 saturated heterocycles. The highest BCUT2D eigenvalue weighted by Gasteiger charge is 2.19. The van der Waals surface area contributed by atoms with Crippen molar-refractivity contribution < 1.29 is 8.42 Å². The molecule has 0 atom stereocenters. The molecule has 2 aromatic rings. The van der Waals surface area contributed by atoms with Crippen LogP contribution in [0.3, 0.4) is 0 Å². The van der Waals surface area contributed by atoms with Gasteiger partial charge in [0.05, 0.1) is 5.02 Å². The van der Waals surface area contributed by atoms with E-state index < -0.39 is 10.0 Å². The van der Waals surface area contributed by atoms with Gasteiger partial charge in [-0.05, 0) is 52.8 Å². The zero-order valence-electron chi connectivity index (χ0n) is 11.1. The molecule has 0 spiro atoms. The second kappa shape index (κ2) is 6.74. The molecule has 21 heavy (non-hydrogen) atoms. The largest absolute Gasteiger partial charge is 0.316 e. The van der Waals surface area contributed by atoms with Crippen LogP contribution in [0.25, 0.3) is 0 Å². The Morgan fingerprint density at radius 1 is 1.33 bits per heavy atom. The van der Waals surface area contributed by atoms with E-state index in [9.17, 15) is 8.42 Å². The van der Waals surface area contributed by atoms with Crippen LogP contribution in [0.4, 0.5) is 5.82 Å². The van der Waals surface area contributed by atoms with Crippen molar-refractivity contribution in [3.8, 4) is 0 Å². The standard InChI is InChI=1S/C13H13BrClN3O2S/c1-16-8-9-4-5-12(10(14)7-9)21(19,20)18-13-11(15)3-2-6-17-13/h2-7,16H,8H2,1H3,(H,17,18). The number of hydrogen-bond acceptors (Lipinski definition) is 4. The van der Waals surface area contributed by atoms with Gasteiger partial charge in [-0.25, -0.2) is 13.4 Å². The van der Waals surface area contributed by atoms with Gasteiger partial charge in [-0.15, -0.1) is 0 Å². The predicted octanol–water partition coefficient (Wildman–Crippen LogP) is 3.02. The van der Waals surface area contributed by atoms with Crippen molar-refractivity contribution in [2.45, 2.75) is 11.4 Å². The minimum atomic E-state index is -3.76. The van der Waals surface area contributed by atoms with Crippen molar-refractivity contribution in [3.63, 3.8) is 0 Å². The molecule has 0 bridgehead atoms. The van der Waals surface area contributed by atoms with Gasteiger partial charge in [0.2, 0.25) is 0 Å². The molecule has 0 saturated carbocycles. The van der Waals surface area contributed by atoms with Crippen LogP contribution in [0.15, 0.2) is 45.9 Å². The number of pyridine rings is 1. The van der Waals surface area contributed by atoms with Crippen LogP contribution >= 0.6 is 27.5 Å². The molecule has 1 heterocycles. The third-order valence-corrected chi connectivity index (χ3v) is 5.28. The van der Waals surface area contributed by atoms with Gasteiger partial charge in [0, 0.05) is 17.2 Å². The van der Waals surface area contributed by atoms with Crippen LogP contribution in [0.5, 0.6) is 0 Å². The molecule has 0 radical (unpaired) electrons. The van der Waals surface area contributed by atoms with Crippen LogP contribution in [-0.2, 0) is 16.6 Å². The quantitative estimate of drug-likeness (QED) is 0.823. The average Bonchev–Trinajstić information content (AvgIpc) is 2.41. The van der Waals surface area contributed by atoms with Crippen molar-refractivity contribution in [2.24, 2.45) is 0 Å². The maximum absolute atomic E-state index is 12.4. The van der Waals surface area contributed by atoms with E-state index in [1.54, 1.807) is 24.3 Å². The lowest BCUT2D eigenvalue weighted by Gasteiger charge is -2.11. The zero-order valence-corrected chi connectivity index (χ0v) is 14.3. The lowest BCUT2D eigenvalue weighted by atomic mass is 10.2. The summed E-state index contributed by atoms with van der Waals surface area (Å²) in [6.45, 7) is 0.651. The highest BCUT2D eigenvalue weighted by molar-refractivity contribution is 9.10. The maximum Gasteiger partial charge on any atom is 0.264 e. The number of aromatic nitrogens is 1. The van der Waals surface area contributed by atoms with E-state index in [1.807, 2.05) is 7.05 Å². The third-order valence-electron chi connectivity index (χ3n) is 2.66. The number of sulfonamides is 1. The van der Waals surface area contributed by atoms with Crippen LogP contribution in [-0.4, -0.2) is 20.4 Å². The number of hydrogen-bond donors (Lipinski definition) is 2. The van der Waals surface area contributed by atoms with Gasteiger partial charge in [0.1, 0.15) is 4.90 Å². The predicted molar refractivity (Wildman–Crippen MR) is 87.0 cm³/mol. The Morgan fingerprint density at radius 2 is 2.10 bits per heavy atom. The summed E-state index contributed by atoms with van der Waals surface area (Å²) in [5.74, 6) is 0.102. The first kappa shape index (κ1) is 16.2. The first-order valence-electron chi connectivity index (χ1n) is 6.00. The van der Waals surface area contributed by atoms with Crippen molar-refractivity contribution in [1.82, 2.24) is 10.3 Å². The molecule has 0 aliphatic rings. The number of nitrogens with one attached hydrogen (secondary N) is 2. The average molecular weight is 391 g/mol. The summed E-state index contributed by atoms with van der Waals surface area (Å²) < 4.78 is 27.6. The zero-order chi connectivity index (χ0) is 15.5. The summed E-state index contributed by atoms with van der Waals surface area (Å²) in [5, 5.41) is 3.24. The topological polar surface area (TPSA) is 71.1 Å². The second-order valence-electron chi connectivity index (χ2n) is 4.23. The Bertz CT molecular complexity index is 753. The smallest absolute Gasteiger partial charge is 0.264 e. The summed E-state index contributed by atoms with van der Waals surface area (Å²) in [5.41, 5.74) is 0.971. The summed E-state index contributed by atoms with van der Waals surface area (Å²) in [4.78, 5) is 4.05. The normalized spacial score (nSPS) is 11.4. The molecular weight excluding hydrogens is 378 g/mol. The molecule has 0 fully saturated rings. The van der Waals surface area contributed by atoms with E-state index in [0.717, 1.165) is 5.56 Å². The Morgan fingerprint density at radius 3 is 2.71 bits per heavy atom. The molecular formula is C13H13BrClN3O2S. The highest BCUT2D eigenvalue weighted by atomic mass is 79.9. The van der Waals surface area contributed by atoms with E-state index in [1.165, 1.54) is 12.3 Å². The molecule has 0 unspecified atom stereocenters. The second-order valence-corrected chi connectivity index (χ2v) is 7.15. The van der Waals surface area contributed by atoms with E-state index in [-0.39, 0.29) is 15.7 Å². The maximum atomic E-state index is 12.4. The molecule has 1 aromatic carbocycles. The molecule has 5 nitrogen and oxygen atoms in total. The van der Waals surface area contributed by atoms with E-state index in [2.05, 4.69) is 31.0 Å². The lowest BCUT2D eigenvalue weighted by Crippen LogP contribution is -2.15. The molecule has 2 rings (SSSR count). The number of halogens is 2. The molecule has 112 valence electrons. The van der Waals surface area contributed by atoms with E-state index >= 15 is 0 Å². The van der Waals surface area contributed by atoms with Crippen LogP contribution in [0.1, 0.15) is 5.56 Å². The van der Waals surface area contributed by atoms with Crippen LogP contribution < -0.4 is 10.0 Å². The van der Waals surface area contributed by atoms with Gasteiger partial charge in [-0.3, -0.25) is 4.72 Å². The Balaban J connectivity index is 2.34. The number of benzene rings is 1. The third kappa shape index (κ3) is 3.94. The summed E-state index contributed by atoms with van der Waals surface area (Å²) >= 11 is 9.20. The van der Waals surface area contributed by atoms with Crippen LogP contribution in [0, 0.1) is 0 Å². The lowest BCUT2D eigenvalue weighted by molar-refractivity contribution is 0.600. The Hall–Kier alpha value is -1.15. The van der Waals surface area contributed by atoms with Gasteiger partial charge in [-0.1, -0.05) is 17.7 Å². The minimum Gasteiger partial charge on any atom is -0.316 e. The van der Waals surface area contributed by atoms with Gasteiger partial charge in [0.15, 0.2) is 5.82 Å². The van der Waals surface area contributed by atoms with Crippen molar-refractivity contribution >= 4 is 43.4 Å². The molecule has 8 heteroatoms. The highest BCUT2D eigenvalue weighted by Crippen LogP contribution is 2.27. The van der Waals surface area contributed by atoms with Crippen molar-refractivity contribution in [2.75, 3.05) is 11.8 Å². The van der Waals surface area contributed by atoms with E-state index in [4.69, 9.17) is 11.6 Å². The summed E-state index contributed by atoms with van der Waals surface area (Å²) in [7, 11) is -1.94. The molecule has 0 aliphatic carbocycles. The number of nitrogens with zero attached hydrogens (tertiary/aromatic N) is 1. The minimum absolute atomic E-state index is 0.102. The summed E-state index contributed by atoms with van der Waals surface area (Å²) in [6.07, 6.45) is 1.47. The first-order valence-corrected chi connectivity index (χ1v) is 8.66. The molecule has 0 aliphatic heterocycles. The van der Waals surface area contributed by atoms with Gasteiger partial charge < -0.3 is 5.32 Å². The van der Waals surface area contributed by atoms with Gasteiger partial charge in [-0.2, -0.15) is 0 Å². The monoisotopic (exact) mass is 389 g/mol. The first-order chi connectivity index (χ1) is 9.94. The fraction of sp³-hybridized carbons (Fsp3) is 0.154. The fourth-order valence-electron chi connectivity index (χ4n) is 1.72. The number of anilines is 1. The molecule has 2 N–H and O–H groups in total. The van der Waals surface area contributed by atoms with Gasteiger partial charge >= 0.3 is 0 Å². The Kier molecular flexibility index (Phi) is 5.21. The summed E-state index contributed by atoms with van der Waals surface area (Å²) in [6, 6.07) is 8.23. The molecule has 0 amide bonds. The van der Waals surface area contributed by atoms with Crippen molar-refractivity contribution in [3.05, 3.63) is 51.6 Å². The van der Waals surface area contributed by atoms with Gasteiger partial charge in [0.25, 0.3) is 10.0 Å². The Labute approximate surface area is 136 Å². The fourth-order valence-corrected chi connectivity index (χ4v) is 4.10.